The fraction of sp³-hybridized carbons (Fsp3) is 0.360. The van der Waals surface area contributed by atoms with Gasteiger partial charge in [-0.2, -0.15) is 5.26 Å². The number of hydrogen-bond acceptors (Lipinski definition) is 4. The molecule has 4 rings (SSSR count). The molecule has 1 aromatic heterocycles. The Morgan fingerprint density at radius 2 is 2.03 bits per heavy atom. The van der Waals surface area contributed by atoms with Crippen LogP contribution in [-0.4, -0.2) is 46.9 Å². The van der Waals surface area contributed by atoms with E-state index in [1.165, 1.54) is 25.9 Å². The zero-order chi connectivity index (χ0) is 22.5. The number of aromatic nitrogens is 1. The van der Waals surface area contributed by atoms with E-state index in [2.05, 4.69) is 20.9 Å². The van der Waals surface area contributed by atoms with E-state index in [1.807, 2.05) is 31.2 Å². The summed E-state index contributed by atoms with van der Waals surface area (Å²) >= 11 is 0. The molecule has 3 aromatic rings. The average molecular weight is 433 g/mol. The Kier molecular flexibility index (Phi) is 6.62. The van der Waals surface area contributed by atoms with E-state index in [0.717, 1.165) is 40.9 Å². The summed E-state index contributed by atoms with van der Waals surface area (Å²) < 4.78 is 8.11. The molecule has 7 nitrogen and oxygen atoms in total. The number of rotatable bonds is 8. The Labute approximate surface area is 187 Å². The first kappa shape index (κ1) is 21.7. The molecule has 0 radical (unpaired) electrons. The van der Waals surface area contributed by atoms with Gasteiger partial charge in [-0.15, -0.1) is 0 Å². The Balaban J connectivity index is 1.62. The molecule has 1 fully saturated rings. The zero-order valence-electron chi connectivity index (χ0n) is 18.3. The normalized spacial score (nSPS) is 13.9. The van der Waals surface area contributed by atoms with Gasteiger partial charge in [0.25, 0.3) is 0 Å². The first-order valence-corrected chi connectivity index (χ1v) is 11.1. The van der Waals surface area contributed by atoms with E-state index >= 15 is 0 Å². The van der Waals surface area contributed by atoms with E-state index in [4.69, 9.17) is 9.84 Å². The van der Waals surface area contributed by atoms with Crippen molar-refractivity contribution in [2.45, 2.75) is 32.7 Å². The average Bonchev–Trinajstić information content (AvgIpc) is 3.41. The van der Waals surface area contributed by atoms with Crippen LogP contribution >= 0.6 is 0 Å². The molecule has 0 aliphatic carbocycles. The summed E-state index contributed by atoms with van der Waals surface area (Å²) in [4.78, 5) is 13.5. The van der Waals surface area contributed by atoms with Crippen molar-refractivity contribution in [3.05, 3.63) is 48.0 Å². The van der Waals surface area contributed by atoms with E-state index in [1.54, 1.807) is 18.2 Å². The van der Waals surface area contributed by atoms with Gasteiger partial charge in [-0.25, -0.2) is 4.79 Å². The number of benzene rings is 2. The van der Waals surface area contributed by atoms with Crippen LogP contribution in [0.25, 0.3) is 22.2 Å². The Bertz CT molecular complexity index is 1160. The summed E-state index contributed by atoms with van der Waals surface area (Å²) in [5.74, 6) is 0.795. The number of ether oxygens (including phenoxy) is 1. The van der Waals surface area contributed by atoms with Gasteiger partial charge in [0.05, 0.1) is 23.4 Å². The van der Waals surface area contributed by atoms with Crippen LogP contribution in [0.5, 0.6) is 5.75 Å². The highest BCUT2D eigenvalue weighted by Crippen LogP contribution is 2.36. The number of nitriles is 1. The van der Waals surface area contributed by atoms with Crippen molar-refractivity contribution in [1.29, 1.82) is 5.26 Å². The number of nitrogens with zero attached hydrogens (tertiary/aromatic N) is 3. The fourth-order valence-corrected chi connectivity index (χ4v) is 4.51. The lowest BCUT2D eigenvalue weighted by atomic mass is 10.1. The fourth-order valence-electron chi connectivity index (χ4n) is 4.51. The van der Waals surface area contributed by atoms with E-state index in [-0.39, 0.29) is 0 Å². The second-order valence-corrected chi connectivity index (χ2v) is 8.02. The number of carbonyl (C=O) groups is 1. The molecule has 32 heavy (non-hydrogen) atoms. The van der Waals surface area contributed by atoms with Crippen molar-refractivity contribution >= 4 is 22.7 Å². The SMILES string of the molecule is CCn1c(-c2cccc(NC(=O)O)c2)c(C#N)c2ccc(OCCCN3CCCC3)cc21. The smallest absolute Gasteiger partial charge is 0.409 e. The maximum atomic E-state index is 11.0. The molecule has 2 heterocycles. The molecule has 2 N–H and O–H groups in total. The van der Waals surface area contributed by atoms with Crippen LogP contribution in [0, 0.1) is 11.3 Å². The molecule has 1 amide bonds. The predicted molar refractivity (Wildman–Crippen MR) is 125 cm³/mol. The molecule has 0 bridgehead atoms. The molecule has 166 valence electrons. The lowest BCUT2D eigenvalue weighted by molar-refractivity contribution is 0.210. The molecule has 1 aliphatic rings. The van der Waals surface area contributed by atoms with Crippen LogP contribution in [0.3, 0.4) is 0 Å². The highest BCUT2D eigenvalue weighted by atomic mass is 16.5. The van der Waals surface area contributed by atoms with Gasteiger partial charge in [0, 0.05) is 35.8 Å². The highest BCUT2D eigenvalue weighted by molar-refractivity contribution is 5.96. The number of carboxylic acid groups (broad SMARTS) is 1. The van der Waals surface area contributed by atoms with Gasteiger partial charge in [-0.05, 0) is 63.5 Å². The number of likely N-dealkylation sites (tertiary alicyclic amines) is 1. The minimum atomic E-state index is -1.12. The van der Waals surface area contributed by atoms with Crippen LogP contribution in [0.1, 0.15) is 31.7 Å². The van der Waals surface area contributed by atoms with E-state index in [0.29, 0.717) is 24.4 Å². The summed E-state index contributed by atoms with van der Waals surface area (Å²) in [5, 5.41) is 22.2. The Morgan fingerprint density at radius 1 is 1.22 bits per heavy atom. The maximum Gasteiger partial charge on any atom is 0.409 e. The van der Waals surface area contributed by atoms with Crippen LogP contribution in [0.4, 0.5) is 10.5 Å². The van der Waals surface area contributed by atoms with Crippen molar-refractivity contribution in [3.8, 4) is 23.1 Å². The molecular formula is C25H28N4O3. The summed E-state index contributed by atoms with van der Waals surface area (Å²) in [5.41, 5.74) is 3.56. The van der Waals surface area contributed by atoms with Crippen LogP contribution < -0.4 is 10.1 Å². The largest absolute Gasteiger partial charge is 0.493 e. The molecule has 1 aliphatic heterocycles. The van der Waals surface area contributed by atoms with Crippen molar-refractivity contribution in [3.63, 3.8) is 0 Å². The monoisotopic (exact) mass is 432 g/mol. The molecule has 7 heteroatoms. The number of hydrogen-bond donors (Lipinski definition) is 2. The third-order valence-corrected chi connectivity index (χ3v) is 5.94. The van der Waals surface area contributed by atoms with Gasteiger partial charge in [-0.1, -0.05) is 12.1 Å². The lowest BCUT2D eigenvalue weighted by Crippen LogP contribution is -2.21. The molecule has 1 saturated heterocycles. The summed E-state index contributed by atoms with van der Waals surface area (Å²) in [6.07, 6.45) is 2.46. The molecule has 0 atom stereocenters. The highest BCUT2D eigenvalue weighted by Gasteiger charge is 2.19. The molecule has 2 aromatic carbocycles. The predicted octanol–water partition coefficient (Wildman–Crippen LogP) is 5.15. The van der Waals surface area contributed by atoms with Crippen molar-refractivity contribution < 1.29 is 14.6 Å². The molecular weight excluding hydrogens is 404 g/mol. The van der Waals surface area contributed by atoms with Gasteiger partial charge in [0.2, 0.25) is 0 Å². The number of nitrogens with one attached hydrogen (secondary N) is 1. The third-order valence-electron chi connectivity index (χ3n) is 5.94. The number of amides is 1. The number of aryl methyl sites for hydroxylation is 1. The number of anilines is 1. The second-order valence-electron chi connectivity index (χ2n) is 8.02. The summed E-state index contributed by atoms with van der Waals surface area (Å²) in [6, 6.07) is 15.3. The molecule has 0 spiro atoms. The van der Waals surface area contributed by atoms with Crippen molar-refractivity contribution in [1.82, 2.24) is 9.47 Å². The van der Waals surface area contributed by atoms with Crippen LogP contribution in [0.2, 0.25) is 0 Å². The van der Waals surface area contributed by atoms with E-state index in [9.17, 15) is 10.1 Å². The standard InChI is InChI=1S/C25H28N4O3/c1-2-29-23-16-20(32-14-6-13-28-11-3-4-12-28)9-10-21(23)22(17-26)24(29)18-7-5-8-19(15-18)27-25(30)31/h5,7-10,15-16,27H,2-4,6,11-14H2,1H3,(H,30,31). The van der Waals surface area contributed by atoms with E-state index < -0.39 is 6.09 Å². The first-order chi connectivity index (χ1) is 15.6. The maximum absolute atomic E-state index is 11.0. The second kappa shape index (κ2) is 9.75. The Morgan fingerprint density at radius 3 is 2.75 bits per heavy atom. The van der Waals surface area contributed by atoms with Gasteiger partial charge in [-0.3, -0.25) is 5.32 Å². The van der Waals surface area contributed by atoms with Gasteiger partial charge < -0.3 is 19.3 Å². The third kappa shape index (κ3) is 4.56. The van der Waals surface area contributed by atoms with Crippen LogP contribution in [-0.2, 0) is 6.54 Å². The first-order valence-electron chi connectivity index (χ1n) is 11.1. The van der Waals surface area contributed by atoms with Crippen molar-refractivity contribution in [2.75, 3.05) is 31.6 Å². The topological polar surface area (TPSA) is 90.5 Å². The summed E-state index contributed by atoms with van der Waals surface area (Å²) in [6.45, 7) is 6.82. The minimum Gasteiger partial charge on any atom is -0.493 e. The minimum absolute atomic E-state index is 0.467. The van der Waals surface area contributed by atoms with Crippen LogP contribution in [0.15, 0.2) is 42.5 Å². The molecule has 0 unspecified atom stereocenters. The Hall–Kier alpha value is -3.50. The van der Waals surface area contributed by atoms with Gasteiger partial charge >= 0.3 is 6.09 Å². The van der Waals surface area contributed by atoms with Gasteiger partial charge in [0.1, 0.15) is 11.8 Å². The van der Waals surface area contributed by atoms with Crippen molar-refractivity contribution in [2.24, 2.45) is 0 Å². The summed E-state index contributed by atoms with van der Waals surface area (Å²) in [7, 11) is 0. The number of fused-ring (bicyclic) bond motifs is 1. The zero-order valence-corrected chi connectivity index (χ0v) is 18.3. The molecule has 0 saturated carbocycles. The van der Waals surface area contributed by atoms with Gasteiger partial charge in [0.15, 0.2) is 0 Å². The quantitative estimate of drug-likeness (QED) is 0.480. The lowest BCUT2D eigenvalue weighted by Gasteiger charge is -2.14.